The van der Waals surface area contributed by atoms with E-state index >= 15 is 0 Å². The highest BCUT2D eigenvalue weighted by Gasteiger charge is 2.25. The molecule has 0 unspecified atom stereocenters. The number of nitrogens with zero attached hydrogens (tertiary/aromatic N) is 1. The first-order valence-corrected chi connectivity index (χ1v) is 9.25. The number of hydrogen-bond acceptors (Lipinski definition) is 3. The fourth-order valence-corrected chi connectivity index (χ4v) is 4.10. The van der Waals surface area contributed by atoms with Gasteiger partial charge in [-0.15, -0.1) is 0 Å². The van der Waals surface area contributed by atoms with Crippen LogP contribution < -0.4 is 10.6 Å². The minimum absolute atomic E-state index is 0.174. The lowest BCUT2D eigenvalue weighted by molar-refractivity contribution is 0.445. The van der Waals surface area contributed by atoms with Crippen LogP contribution >= 0.6 is 12.2 Å². The highest BCUT2D eigenvalue weighted by molar-refractivity contribution is 7.89. The summed E-state index contributed by atoms with van der Waals surface area (Å²) in [4.78, 5) is 0.254. The number of hydrogen-bond donors (Lipinski definition) is 2. The second-order valence-corrected chi connectivity index (χ2v) is 7.66. The van der Waals surface area contributed by atoms with Crippen molar-refractivity contribution < 1.29 is 8.42 Å². The Bertz CT molecular complexity index is 624. The van der Waals surface area contributed by atoms with Crippen molar-refractivity contribution in [2.75, 3.05) is 18.4 Å². The topological polar surface area (TPSA) is 61.4 Å². The van der Waals surface area contributed by atoms with Gasteiger partial charge in [-0.2, -0.15) is 4.31 Å². The number of aryl methyl sites for hydroxylation is 1. The first-order valence-electron chi connectivity index (χ1n) is 7.40. The smallest absolute Gasteiger partial charge is 0.245 e. The molecule has 1 aromatic carbocycles. The quantitative estimate of drug-likeness (QED) is 0.778. The van der Waals surface area contributed by atoms with Crippen molar-refractivity contribution in [3.63, 3.8) is 0 Å². The van der Waals surface area contributed by atoms with Gasteiger partial charge in [-0.1, -0.05) is 19.9 Å². The van der Waals surface area contributed by atoms with E-state index in [9.17, 15) is 8.42 Å². The fraction of sp³-hybridized carbons (Fsp3) is 0.533. The summed E-state index contributed by atoms with van der Waals surface area (Å²) in [7, 11) is -3.55. The lowest BCUT2D eigenvalue weighted by Gasteiger charge is -2.22. The molecule has 0 fully saturated rings. The van der Waals surface area contributed by atoms with Gasteiger partial charge in [0.2, 0.25) is 10.0 Å². The van der Waals surface area contributed by atoms with Crippen LogP contribution in [0.5, 0.6) is 0 Å². The van der Waals surface area contributed by atoms with Crippen LogP contribution in [0, 0.1) is 6.92 Å². The molecule has 0 heterocycles. The largest absolute Gasteiger partial charge is 0.360 e. The second-order valence-electron chi connectivity index (χ2n) is 5.34. The van der Waals surface area contributed by atoms with Crippen molar-refractivity contribution in [2.45, 2.75) is 45.6 Å². The summed E-state index contributed by atoms with van der Waals surface area (Å²) >= 11 is 5.22. The maximum Gasteiger partial charge on any atom is 0.245 e. The Balaban J connectivity index is 3.24. The van der Waals surface area contributed by atoms with Crippen LogP contribution in [0.15, 0.2) is 23.1 Å². The lowest BCUT2D eigenvalue weighted by Crippen LogP contribution is -2.35. The standard InChI is InChI=1S/C15H25N3O2S2/c1-6-18(7-2)22(19,20)14-10-12(5)8-9-13(14)17-15(21)16-11(3)4/h8-11H,6-7H2,1-5H3,(H2,16,17,21). The maximum absolute atomic E-state index is 12.8. The third-order valence-corrected chi connectivity index (χ3v) is 5.44. The molecule has 0 aliphatic carbocycles. The molecule has 0 saturated heterocycles. The fourth-order valence-electron chi connectivity index (χ4n) is 2.07. The Morgan fingerprint density at radius 3 is 2.36 bits per heavy atom. The summed E-state index contributed by atoms with van der Waals surface area (Å²) in [6.07, 6.45) is 0. The van der Waals surface area contributed by atoms with Gasteiger partial charge < -0.3 is 10.6 Å². The Morgan fingerprint density at radius 2 is 1.86 bits per heavy atom. The number of nitrogens with one attached hydrogen (secondary N) is 2. The van der Waals surface area contributed by atoms with Crippen molar-refractivity contribution in [1.82, 2.24) is 9.62 Å². The molecule has 124 valence electrons. The summed E-state index contributed by atoms with van der Waals surface area (Å²) in [6, 6.07) is 5.46. The van der Waals surface area contributed by atoms with Gasteiger partial charge in [0.25, 0.3) is 0 Å². The Hall–Kier alpha value is -1.18. The predicted molar refractivity (Wildman–Crippen MR) is 95.8 cm³/mol. The molecule has 1 rings (SSSR count). The van der Waals surface area contributed by atoms with E-state index in [0.29, 0.717) is 23.9 Å². The van der Waals surface area contributed by atoms with Crippen LogP contribution in [-0.4, -0.2) is 37.0 Å². The van der Waals surface area contributed by atoms with Crippen LogP contribution in [0.1, 0.15) is 33.3 Å². The average Bonchev–Trinajstić information content (AvgIpc) is 2.40. The normalized spacial score (nSPS) is 11.8. The average molecular weight is 344 g/mol. The molecule has 0 saturated carbocycles. The molecule has 0 bridgehead atoms. The summed E-state index contributed by atoms with van der Waals surface area (Å²) in [5.74, 6) is 0. The molecule has 0 aliphatic heterocycles. The minimum Gasteiger partial charge on any atom is -0.360 e. The van der Waals surface area contributed by atoms with Gasteiger partial charge in [0, 0.05) is 19.1 Å². The first kappa shape index (κ1) is 18.9. The molecule has 0 aliphatic rings. The van der Waals surface area contributed by atoms with Crippen LogP contribution in [0.2, 0.25) is 0 Å². The molecule has 2 N–H and O–H groups in total. The number of benzene rings is 1. The molecular formula is C15H25N3O2S2. The molecule has 1 aromatic rings. The van der Waals surface area contributed by atoms with Crippen LogP contribution in [0.4, 0.5) is 5.69 Å². The van der Waals surface area contributed by atoms with E-state index in [0.717, 1.165) is 5.56 Å². The van der Waals surface area contributed by atoms with Crippen molar-refractivity contribution in [3.05, 3.63) is 23.8 Å². The van der Waals surface area contributed by atoms with Crippen LogP contribution in [0.25, 0.3) is 0 Å². The third kappa shape index (κ3) is 4.66. The zero-order valence-corrected chi connectivity index (χ0v) is 15.4. The second kappa shape index (κ2) is 7.89. The van der Waals surface area contributed by atoms with Gasteiger partial charge in [0.05, 0.1) is 5.69 Å². The summed E-state index contributed by atoms with van der Waals surface area (Å²) in [6.45, 7) is 10.3. The van der Waals surface area contributed by atoms with Gasteiger partial charge in [0.1, 0.15) is 4.90 Å². The molecule has 0 aromatic heterocycles. The Kier molecular flexibility index (Phi) is 6.77. The van der Waals surface area contributed by atoms with Crippen LogP contribution in [0.3, 0.4) is 0 Å². The van der Waals surface area contributed by atoms with Gasteiger partial charge >= 0.3 is 0 Å². The van der Waals surface area contributed by atoms with E-state index in [1.165, 1.54) is 4.31 Å². The van der Waals surface area contributed by atoms with E-state index in [1.54, 1.807) is 12.1 Å². The van der Waals surface area contributed by atoms with Gasteiger partial charge in [-0.25, -0.2) is 8.42 Å². The molecule has 0 amide bonds. The number of anilines is 1. The Labute approximate surface area is 139 Å². The first-order chi connectivity index (χ1) is 10.2. The van der Waals surface area contributed by atoms with Crippen molar-refractivity contribution in [1.29, 1.82) is 0 Å². The monoisotopic (exact) mass is 343 g/mol. The van der Waals surface area contributed by atoms with E-state index in [4.69, 9.17) is 12.2 Å². The van der Waals surface area contributed by atoms with Gasteiger partial charge in [-0.05, 0) is 50.7 Å². The van der Waals surface area contributed by atoms with Gasteiger partial charge in [-0.3, -0.25) is 0 Å². The van der Waals surface area contributed by atoms with Crippen molar-refractivity contribution in [2.24, 2.45) is 0 Å². The number of sulfonamides is 1. The molecule has 0 radical (unpaired) electrons. The highest BCUT2D eigenvalue weighted by Crippen LogP contribution is 2.26. The Morgan fingerprint density at radius 1 is 1.27 bits per heavy atom. The number of thiocarbonyl (C=S) groups is 1. The molecule has 0 spiro atoms. The van der Waals surface area contributed by atoms with E-state index in [1.807, 2.05) is 40.7 Å². The minimum atomic E-state index is -3.55. The number of rotatable bonds is 6. The third-order valence-electron chi connectivity index (χ3n) is 3.13. The maximum atomic E-state index is 12.8. The van der Waals surface area contributed by atoms with Crippen LogP contribution in [-0.2, 0) is 10.0 Å². The summed E-state index contributed by atoms with van der Waals surface area (Å²) < 4.78 is 27.0. The van der Waals surface area contributed by atoms with Gasteiger partial charge in [0.15, 0.2) is 5.11 Å². The van der Waals surface area contributed by atoms with Crippen molar-refractivity contribution >= 4 is 33.0 Å². The molecule has 5 nitrogen and oxygen atoms in total. The summed E-state index contributed by atoms with van der Waals surface area (Å²) in [5.41, 5.74) is 1.38. The lowest BCUT2D eigenvalue weighted by atomic mass is 10.2. The van der Waals surface area contributed by atoms with E-state index < -0.39 is 10.0 Å². The highest BCUT2D eigenvalue weighted by atomic mass is 32.2. The molecular weight excluding hydrogens is 318 g/mol. The zero-order chi connectivity index (χ0) is 16.9. The zero-order valence-electron chi connectivity index (χ0n) is 13.8. The van der Waals surface area contributed by atoms with Crippen molar-refractivity contribution in [3.8, 4) is 0 Å². The summed E-state index contributed by atoms with van der Waals surface area (Å²) in [5, 5.41) is 6.46. The molecule has 0 atom stereocenters. The predicted octanol–water partition coefficient (Wildman–Crippen LogP) is 2.72. The molecule has 22 heavy (non-hydrogen) atoms. The molecule has 7 heteroatoms. The van der Waals surface area contributed by atoms with E-state index in [-0.39, 0.29) is 10.9 Å². The van der Waals surface area contributed by atoms with E-state index in [2.05, 4.69) is 10.6 Å². The SMILES string of the molecule is CCN(CC)S(=O)(=O)c1cc(C)ccc1NC(=S)NC(C)C.